The molecule has 0 spiro atoms. The minimum absolute atomic E-state index is 0.190. The number of carbonyl (C=O) groups excluding carboxylic acids is 2. The quantitative estimate of drug-likeness (QED) is 0.385. The van der Waals surface area contributed by atoms with E-state index in [0.717, 1.165) is 28.7 Å². The SMILES string of the molecule is COC(=O)/C=C1/S/C(=N\N=Cc2cc(Cl)cc3cccnc23)NC1=O. The van der Waals surface area contributed by atoms with Crippen LogP contribution in [0.1, 0.15) is 5.56 Å². The number of methoxy groups -OCH3 is 1. The predicted octanol–water partition coefficient (Wildman–Crippen LogP) is 2.50. The van der Waals surface area contributed by atoms with Crippen LogP contribution in [0.5, 0.6) is 0 Å². The molecule has 1 aromatic carbocycles. The van der Waals surface area contributed by atoms with Gasteiger partial charge in [0.1, 0.15) is 0 Å². The molecule has 3 rings (SSSR count). The summed E-state index contributed by atoms with van der Waals surface area (Å²) in [6, 6.07) is 7.25. The van der Waals surface area contributed by atoms with Gasteiger partial charge in [-0.25, -0.2) is 4.79 Å². The highest BCUT2D eigenvalue weighted by molar-refractivity contribution is 8.18. The van der Waals surface area contributed by atoms with E-state index in [1.165, 1.54) is 13.3 Å². The third-order valence-corrected chi connectivity index (χ3v) is 4.26. The second kappa shape index (κ2) is 7.45. The topological polar surface area (TPSA) is 93.0 Å². The van der Waals surface area contributed by atoms with Crippen LogP contribution in [0.3, 0.4) is 0 Å². The first-order valence-electron chi connectivity index (χ1n) is 7.01. The fourth-order valence-electron chi connectivity index (χ4n) is 2.07. The molecular weight excluding hydrogens is 364 g/mol. The number of carbonyl (C=O) groups is 2. The van der Waals surface area contributed by atoms with E-state index in [1.807, 2.05) is 18.2 Å². The maximum absolute atomic E-state index is 11.7. The Morgan fingerprint density at radius 1 is 1.44 bits per heavy atom. The Balaban J connectivity index is 1.82. The van der Waals surface area contributed by atoms with E-state index >= 15 is 0 Å². The van der Waals surface area contributed by atoms with Crippen molar-refractivity contribution in [2.75, 3.05) is 7.11 Å². The van der Waals surface area contributed by atoms with Gasteiger partial charge in [0.05, 0.1) is 23.7 Å². The van der Waals surface area contributed by atoms with E-state index in [9.17, 15) is 9.59 Å². The standard InChI is InChI=1S/C16H11ClN4O3S/c1-24-13(22)7-12-15(23)20-16(25-12)21-19-8-10-6-11(17)5-9-3-2-4-18-14(9)10/h2-8H,1H3,(H,20,21,23)/b12-7+,19-8?. The Labute approximate surface area is 151 Å². The van der Waals surface area contributed by atoms with Crippen LogP contribution in [0.4, 0.5) is 0 Å². The molecule has 1 aromatic heterocycles. The molecule has 0 unspecified atom stereocenters. The van der Waals surface area contributed by atoms with Gasteiger partial charge in [0.15, 0.2) is 5.17 Å². The summed E-state index contributed by atoms with van der Waals surface area (Å²) in [7, 11) is 1.24. The molecule has 0 radical (unpaired) electrons. The molecule has 0 bridgehead atoms. The summed E-state index contributed by atoms with van der Waals surface area (Å²) in [6.45, 7) is 0. The monoisotopic (exact) mass is 374 g/mol. The van der Waals surface area contributed by atoms with Crippen LogP contribution in [-0.4, -0.2) is 35.4 Å². The Bertz CT molecular complexity index is 956. The third kappa shape index (κ3) is 4.04. The number of aromatic nitrogens is 1. The van der Waals surface area contributed by atoms with Gasteiger partial charge in [0.2, 0.25) is 0 Å². The first kappa shape index (κ1) is 17.1. The van der Waals surface area contributed by atoms with E-state index in [0.29, 0.717) is 10.6 Å². The van der Waals surface area contributed by atoms with Crippen molar-refractivity contribution in [2.45, 2.75) is 0 Å². The Morgan fingerprint density at radius 2 is 2.28 bits per heavy atom. The summed E-state index contributed by atoms with van der Waals surface area (Å²) in [5, 5.41) is 12.1. The summed E-state index contributed by atoms with van der Waals surface area (Å²) < 4.78 is 4.49. The molecule has 1 N–H and O–H groups in total. The Hall–Kier alpha value is -2.71. The van der Waals surface area contributed by atoms with Crippen LogP contribution < -0.4 is 5.32 Å². The number of benzene rings is 1. The normalized spacial score (nSPS) is 17.6. The van der Waals surface area contributed by atoms with Crippen LogP contribution in [-0.2, 0) is 14.3 Å². The number of hydrogen-bond donors (Lipinski definition) is 1. The number of nitrogens with zero attached hydrogens (tertiary/aromatic N) is 3. The van der Waals surface area contributed by atoms with E-state index in [-0.39, 0.29) is 10.1 Å². The van der Waals surface area contributed by atoms with Crippen molar-refractivity contribution in [2.24, 2.45) is 10.2 Å². The van der Waals surface area contributed by atoms with Crippen LogP contribution in [0.25, 0.3) is 10.9 Å². The fraction of sp³-hybridized carbons (Fsp3) is 0.0625. The lowest BCUT2D eigenvalue weighted by atomic mass is 10.1. The minimum atomic E-state index is -0.612. The molecule has 1 aliphatic heterocycles. The number of amidine groups is 1. The molecule has 9 heteroatoms. The molecule has 1 fully saturated rings. The number of nitrogens with one attached hydrogen (secondary N) is 1. The van der Waals surface area contributed by atoms with Gasteiger partial charge in [-0.3, -0.25) is 15.1 Å². The third-order valence-electron chi connectivity index (χ3n) is 3.15. The van der Waals surface area contributed by atoms with E-state index in [4.69, 9.17) is 11.6 Å². The number of rotatable bonds is 3. The van der Waals surface area contributed by atoms with Gasteiger partial charge < -0.3 is 4.74 Å². The second-order valence-corrected chi connectivity index (χ2v) is 6.27. The maximum atomic E-state index is 11.7. The highest BCUT2D eigenvalue weighted by Crippen LogP contribution is 2.24. The molecule has 0 aliphatic carbocycles. The minimum Gasteiger partial charge on any atom is -0.466 e. The van der Waals surface area contributed by atoms with Crippen molar-refractivity contribution in [3.63, 3.8) is 0 Å². The van der Waals surface area contributed by atoms with Crippen molar-refractivity contribution in [3.8, 4) is 0 Å². The van der Waals surface area contributed by atoms with Crippen LogP contribution in [0, 0.1) is 0 Å². The highest BCUT2D eigenvalue weighted by atomic mass is 35.5. The molecule has 7 nitrogen and oxygen atoms in total. The number of thioether (sulfide) groups is 1. The number of halogens is 1. The number of esters is 1. The molecule has 2 heterocycles. The summed E-state index contributed by atoms with van der Waals surface area (Å²) in [4.78, 5) is 27.4. The molecular formula is C16H11ClN4O3S. The summed E-state index contributed by atoms with van der Waals surface area (Å²) in [6.07, 6.45) is 4.28. The smallest absolute Gasteiger partial charge is 0.331 e. The van der Waals surface area contributed by atoms with Gasteiger partial charge in [-0.15, -0.1) is 5.10 Å². The van der Waals surface area contributed by atoms with Gasteiger partial charge >= 0.3 is 5.97 Å². The van der Waals surface area contributed by atoms with Crippen molar-refractivity contribution < 1.29 is 14.3 Å². The molecule has 1 amide bonds. The van der Waals surface area contributed by atoms with Crippen LogP contribution in [0.2, 0.25) is 5.02 Å². The van der Waals surface area contributed by atoms with E-state index in [1.54, 1.807) is 12.3 Å². The van der Waals surface area contributed by atoms with Crippen LogP contribution in [0.15, 0.2) is 51.6 Å². The lowest BCUT2D eigenvalue weighted by Crippen LogP contribution is -2.19. The predicted molar refractivity (Wildman–Crippen MR) is 97.6 cm³/mol. The van der Waals surface area contributed by atoms with Gasteiger partial charge in [-0.1, -0.05) is 17.7 Å². The number of ether oxygens (including phenoxy) is 1. The Kier molecular flexibility index (Phi) is 5.11. The summed E-state index contributed by atoms with van der Waals surface area (Å²) in [5.41, 5.74) is 1.44. The zero-order chi connectivity index (χ0) is 17.8. The number of hydrogen-bond acceptors (Lipinski definition) is 7. The van der Waals surface area contributed by atoms with Crippen molar-refractivity contribution in [1.82, 2.24) is 10.3 Å². The molecule has 25 heavy (non-hydrogen) atoms. The molecule has 0 saturated carbocycles. The molecule has 2 aromatic rings. The average molecular weight is 375 g/mol. The zero-order valence-electron chi connectivity index (χ0n) is 12.9. The largest absolute Gasteiger partial charge is 0.466 e. The summed E-state index contributed by atoms with van der Waals surface area (Å²) in [5.74, 6) is -1.04. The summed E-state index contributed by atoms with van der Waals surface area (Å²) >= 11 is 7.09. The molecule has 1 saturated heterocycles. The van der Waals surface area contributed by atoms with Crippen molar-refractivity contribution in [3.05, 3.63) is 52.0 Å². The first-order chi connectivity index (χ1) is 12.1. The van der Waals surface area contributed by atoms with Crippen molar-refractivity contribution >= 4 is 57.5 Å². The van der Waals surface area contributed by atoms with Crippen molar-refractivity contribution in [1.29, 1.82) is 0 Å². The lowest BCUT2D eigenvalue weighted by Gasteiger charge is -2.01. The number of pyridine rings is 1. The van der Waals surface area contributed by atoms with Gasteiger partial charge in [0, 0.05) is 28.2 Å². The Morgan fingerprint density at radius 3 is 3.08 bits per heavy atom. The number of fused-ring (bicyclic) bond motifs is 1. The molecule has 1 aliphatic rings. The highest BCUT2D eigenvalue weighted by Gasteiger charge is 2.24. The van der Waals surface area contributed by atoms with Gasteiger partial charge in [-0.05, 0) is 30.0 Å². The molecule has 0 atom stereocenters. The van der Waals surface area contributed by atoms with Gasteiger partial charge in [-0.2, -0.15) is 5.10 Å². The number of amides is 1. The molecule has 126 valence electrons. The average Bonchev–Trinajstić information content (AvgIpc) is 2.94. The zero-order valence-corrected chi connectivity index (χ0v) is 14.5. The van der Waals surface area contributed by atoms with E-state index < -0.39 is 11.9 Å². The lowest BCUT2D eigenvalue weighted by molar-refractivity contribution is -0.135. The van der Waals surface area contributed by atoms with Crippen LogP contribution >= 0.6 is 23.4 Å². The first-order valence-corrected chi connectivity index (χ1v) is 8.20. The maximum Gasteiger partial charge on any atom is 0.331 e. The fourth-order valence-corrected chi connectivity index (χ4v) is 3.04. The van der Waals surface area contributed by atoms with Gasteiger partial charge in [0.25, 0.3) is 5.91 Å². The second-order valence-electron chi connectivity index (χ2n) is 4.81. The van der Waals surface area contributed by atoms with E-state index in [2.05, 4.69) is 25.2 Å².